The highest BCUT2D eigenvalue weighted by molar-refractivity contribution is 7.89. The molecule has 1 atom stereocenters. The molecule has 1 fully saturated rings. The molecule has 7 nitrogen and oxygen atoms in total. The Labute approximate surface area is 179 Å². The lowest BCUT2D eigenvalue weighted by atomic mass is 10.2. The zero-order chi connectivity index (χ0) is 21.5. The van der Waals surface area contributed by atoms with Crippen molar-refractivity contribution in [2.45, 2.75) is 37.6 Å². The van der Waals surface area contributed by atoms with Gasteiger partial charge >= 0.3 is 0 Å². The molecule has 0 bridgehead atoms. The van der Waals surface area contributed by atoms with Gasteiger partial charge in [-0.3, -0.25) is 4.79 Å². The van der Waals surface area contributed by atoms with Gasteiger partial charge in [-0.05, 0) is 50.5 Å². The molecular weight excluding hydrogens is 422 g/mol. The maximum absolute atomic E-state index is 13.1. The number of carbonyl (C=O) groups is 1. The van der Waals surface area contributed by atoms with Crippen LogP contribution in [0.4, 0.5) is 5.13 Å². The van der Waals surface area contributed by atoms with Crippen molar-refractivity contribution in [3.05, 3.63) is 47.5 Å². The van der Waals surface area contributed by atoms with E-state index in [2.05, 4.69) is 10.3 Å². The summed E-state index contributed by atoms with van der Waals surface area (Å²) in [6, 6.07) is 9.71. The van der Waals surface area contributed by atoms with Crippen molar-refractivity contribution in [1.29, 1.82) is 0 Å². The summed E-state index contributed by atoms with van der Waals surface area (Å²) >= 11 is 1.36. The second-order valence-corrected chi connectivity index (χ2v) is 10.2. The minimum atomic E-state index is -3.75. The maximum atomic E-state index is 13.1. The number of carbonyl (C=O) groups excluding carboxylic acids is 1. The number of amides is 1. The van der Waals surface area contributed by atoms with Crippen molar-refractivity contribution in [2.75, 3.05) is 19.0 Å². The van der Waals surface area contributed by atoms with Crippen LogP contribution in [0.15, 0.2) is 41.3 Å². The summed E-state index contributed by atoms with van der Waals surface area (Å²) in [6.45, 7) is 4.19. The minimum Gasteiger partial charge on any atom is -0.494 e. The number of thiazole rings is 1. The van der Waals surface area contributed by atoms with E-state index in [0.717, 1.165) is 15.8 Å². The number of hydrogen-bond acceptors (Lipinski definition) is 6. The van der Waals surface area contributed by atoms with Crippen LogP contribution >= 0.6 is 11.3 Å². The largest absolute Gasteiger partial charge is 0.494 e. The molecule has 2 aromatic carbocycles. The van der Waals surface area contributed by atoms with E-state index >= 15 is 0 Å². The lowest BCUT2D eigenvalue weighted by Gasteiger charge is -2.23. The first-order valence-electron chi connectivity index (χ1n) is 9.65. The average molecular weight is 446 g/mol. The molecule has 1 aliphatic rings. The second kappa shape index (κ2) is 7.98. The van der Waals surface area contributed by atoms with Crippen LogP contribution in [0.3, 0.4) is 0 Å². The first-order valence-corrected chi connectivity index (χ1v) is 11.9. The van der Waals surface area contributed by atoms with Crippen molar-refractivity contribution >= 4 is 42.6 Å². The normalized spacial score (nSPS) is 17.4. The topological polar surface area (TPSA) is 88.6 Å². The molecule has 158 valence electrons. The van der Waals surface area contributed by atoms with Gasteiger partial charge in [0, 0.05) is 6.54 Å². The first-order chi connectivity index (χ1) is 14.3. The van der Waals surface area contributed by atoms with Crippen LogP contribution in [0.25, 0.3) is 10.2 Å². The van der Waals surface area contributed by atoms with Crippen molar-refractivity contribution in [3.63, 3.8) is 0 Å². The molecule has 1 amide bonds. The van der Waals surface area contributed by atoms with Gasteiger partial charge < -0.3 is 10.1 Å². The summed E-state index contributed by atoms with van der Waals surface area (Å²) in [5, 5.41) is 3.25. The second-order valence-electron chi connectivity index (χ2n) is 7.36. The average Bonchev–Trinajstić information content (AvgIpc) is 3.37. The van der Waals surface area contributed by atoms with E-state index in [1.165, 1.54) is 15.6 Å². The molecule has 0 spiro atoms. The predicted octanol–water partition coefficient (Wildman–Crippen LogP) is 3.71. The number of nitrogens with zero attached hydrogens (tertiary/aromatic N) is 2. The van der Waals surface area contributed by atoms with E-state index in [9.17, 15) is 13.2 Å². The molecule has 9 heteroatoms. The molecule has 0 radical (unpaired) electrons. The number of fused-ring (bicyclic) bond motifs is 1. The lowest BCUT2D eigenvalue weighted by molar-refractivity contribution is -0.119. The fraction of sp³-hybridized carbons (Fsp3) is 0.333. The van der Waals surface area contributed by atoms with Gasteiger partial charge in [0.2, 0.25) is 15.9 Å². The number of rotatable bonds is 5. The number of ether oxygens (including phenoxy) is 1. The monoisotopic (exact) mass is 445 g/mol. The van der Waals surface area contributed by atoms with Gasteiger partial charge in [0.25, 0.3) is 0 Å². The van der Waals surface area contributed by atoms with Gasteiger partial charge in [-0.1, -0.05) is 35.1 Å². The van der Waals surface area contributed by atoms with Crippen molar-refractivity contribution in [1.82, 2.24) is 9.29 Å². The van der Waals surface area contributed by atoms with Crippen LogP contribution in [0.1, 0.15) is 24.0 Å². The Hall–Kier alpha value is -2.49. The molecule has 30 heavy (non-hydrogen) atoms. The zero-order valence-electron chi connectivity index (χ0n) is 17.0. The van der Waals surface area contributed by atoms with Crippen molar-refractivity contribution in [3.8, 4) is 5.75 Å². The van der Waals surface area contributed by atoms with Crippen molar-refractivity contribution in [2.24, 2.45) is 0 Å². The number of benzene rings is 2. The van der Waals surface area contributed by atoms with Gasteiger partial charge in [0.05, 0.1) is 16.7 Å². The molecule has 1 N–H and O–H groups in total. The highest BCUT2D eigenvalue weighted by Gasteiger charge is 2.39. The molecule has 0 saturated carbocycles. The molecule has 1 aliphatic heterocycles. The Bertz CT molecular complexity index is 1200. The maximum Gasteiger partial charge on any atom is 0.244 e. The molecule has 1 aromatic heterocycles. The molecule has 1 unspecified atom stereocenters. The number of anilines is 1. The fourth-order valence-electron chi connectivity index (χ4n) is 3.65. The predicted molar refractivity (Wildman–Crippen MR) is 118 cm³/mol. The third-order valence-electron chi connectivity index (χ3n) is 5.29. The van der Waals surface area contributed by atoms with E-state index < -0.39 is 16.1 Å². The quantitative estimate of drug-likeness (QED) is 0.647. The number of sulfonamides is 1. The smallest absolute Gasteiger partial charge is 0.244 e. The lowest BCUT2D eigenvalue weighted by Crippen LogP contribution is -2.43. The van der Waals surface area contributed by atoms with Crippen LogP contribution in [0.2, 0.25) is 0 Å². The molecule has 0 aliphatic carbocycles. The number of nitrogens with one attached hydrogen (secondary N) is 1. The van der Waals surface area contributed by atoms with Crippen LogP contribution < -0.4 is 10.1 Å². The number of hydrogen-bond donors (Lipinski definition) is 1. The zero-order valence-corrected chi connectivity index (χ0v) is 18.6. The molecular formula is C21H23N3O4S2. The molecule has 3 aromatic rings. The van der Waals surface area contributed by atoms with Gasteiger partial charge in [0.15, 0.2) is 5.13 Å². The Morgan fingerprint density at radius 3 is 2.63 bits per heavy atom. The summed E-state index contributed by atoms with van der Waals surface area (Å²) < 4.78 is 33.8. The molecule has 2 heterocycles. The van der Waals surface area contributed by atoms with Gasteiger partial charge in [0.1, 0.15) is 17.3 Å². The van der Waals surface area contributed by atoms with Gasteiger partial charge in [-0.2, -0.15) is 4.31 Å². The first kappa shape index (κ1) is 20.8. The Kier molecular flexibility index (Phi) is 5.52. The summed E-state index contributed by atoms with van der Waals surface area (Å²) in [7, 11) is -2.17. The number of methoxy groups -OCH3 is 1. The molecule has 1 saturated heterocycles. The minimum absolute atomic E-state index is 0.202. The van der Waals surface area contributed by atoms with E-state index in [0.29, 0.717) is 35.8 Å². The van der Waals surface area contributed by atoms with Crippen LogP contribution in [-0.2, 0) is 14.8 Å². The van der Waals surface area contributed by atoms with E-state index in [1.54, 1.807) is 31.4 Å². The van der Waals surface area contributed by atoms with Crippen LogP contribution in [-0.4, -0.2) is 43.3 Å². The van der Waals surface area contributed by atoms with E-state index in [-0.39, 0.29) is 10.8 Å². The molecule has 4 rings (SSSR count). The Balaban J connectivity index is 1.59. The Morgan fingerprint density at radius 1 is 1.20 bits per heavy atom. The number of aryl methyl sites for hydroxylation is 2. The van der Waals surface area contributed by atoms with Crippen LogP contribution in [0, 0.1) is 13.8 Å². The summed E-state index contributed by atoms with van der Waals surface area (Å²) in [5.41, 5.74) is 2.70. The summed E-state index contributed by atoms with van der Waals surface area (Å²) in [5.74, 6) is 0.274. The highest BCUT2D eigenvalue weighted by atomic mass is 32.2. The van der Waals surface area contributed by atoms with Gasteiger partial charge in [-0.15, -0.1) is 0 Å². The summed E-state index contributed by atoms with van der Waals surface area (Å²) in [4.78, 5) is 17.7. The Morgan fingerprint density at radius 2 is 1.93 bits per heavy atom. The highest BCUT2D eigenvalue weighted by Crippen LogP contribution is 2.35. The van der Waals surface area contributed by atoms with Crippen molar-refractivity contribution < 1.29 is 17.9 Å². The standard InChI is InChI=1S/C21H23N3O4S2/c1-13-6-9-15(10-7-13)30(26,27)24-12-4-5-16(24)20(25)23-21-22-18-17(28-3)11-8-14(2)19(18)29-21/h6-11,16H,4-5,12H2,1-3H3,(H,22,23,25). The van der Waals surface area contributed by atoms with Gasteiger partial charge in [-0.25, -0.2) is 13.4 Å². The fourth-order valence-corrected chi connectivity index (χ4v) is 6.26. The summed E-state index contributed by atoms with van der Waals surface area (Å²) in [6.07, 6.45) is 1.11. The third kappa shape index (κ3) is 3.68. The van der Waals surface area contributed by atoms with E-state index in [4.69, 9.17) is 4.74 Å². The SMILES string of the molecule is COc1ccc(C)c2sc(NC(=O)C3CCCN3S(=O)(=O)c3ccc(C)cc3)nc12. The van der Waals surface area contributed by atoms with Crippen LogP contribution in [0.5, 0.6) is 5.75 Å². The van der Waals surface area contributed by atoms with E-state index in [1.807, 2.05) is 26.0 Å². The number of aromatic nitrogens is 1. The third-order valence-corrected chi connectivity index (χ3v) is 8.32.